The Hall–Kier alpha value is -3.54. The summed E-state index contributed by atoms with van der Waals surface area (Å²) in [5.41, 5.74) is -1.07. The first kappa shape index (κ1) is 21.2. The number of H-pyrrole nitrogens is 2. The number of phenolic OH excluding ortho intramolecular Hbond substituents is 1. The Kier molecular flexibility index (Phi) is 4.77. The van der Waals surface area contributed by atoms with Crippen LogP contribution in [0.15, 0.2) is 26.5 Å². The molecular formula is C21H25N5O4. The number of aromatic nitrogens is 4. The van der Waals surface area contributed by atoms with Crippen LogP contribution in [0.3, 0.4) is 0 Å². The maximum atomic E-state index is 12.8. The number of aromatic amines is 2. The molecule has 3 rings (SSSR count). The Morgan fingerprint density at radius 3 is 2.00 bits per heavy atom. The number of phenols is 1. The van der Waals surface area contributed by atoms with Crippen molar-refractivity contribution in [1.29, 1.82) is 0 Å². The molecule has 3 N–H and O–H groups in total. The van der Waals surface area contributed by atoms with Gasteiger partial charge in [0.1, 0.15) is 11.4 Å². The summed E-state index contributed by atoms with van der Waals surface area (Å²) in [7, 11) is 0. The Labute approximate surface area is 172 Å². The minimum atomic E-state index is -0.879. The molecule has 2 aromatic heterocycles. The quantitative estimate of drug-likeness (QED) is 0.561. The first-order valence-corrected chi connectivity index (χ1v) is 9.48. The summed E-state index contributed by atoms with van der Waals surface area (Å²) in [6, 6.07) is 3.61. The molecule has 0 aliphatic carbocycles. The summed E-state index contributed by atoms with van der Waals surface area (Å²) >= 11 is 0. The predicted octanol–water partition coefficient (Wildman–Crippen LogP) is 2.21. The van der Waals surface area contributed by atoms with E-state index in [0.717, 1.165) is 11.1 Å². The van der Waals surface area contributed by atoms with Gasteiger partial charge in [-0.2, -0.15) is 6.57 Å². The number of benzene rings is 1. The molecule has 0 aliphatic rings. The van der Waals surface area contributed by atoms with E-state index in [9.17, 15) is 19.5 Å². The monoisotopic (exact) mass is 411 g/mol. The number of nitrogens with zero attached hydrogens (tertiary/aromatic N) is 3. The largest absolute Gasteiger partial charge is 0.507 e. The van der Waals surface area contributed by atoms with Crippen LogP contribution in [-0.2, 0) is 17.4 Å². The topological polar surface area (TPSA) is 117 Å². The van der Waals surface area contributed by atoms with E-state index in [0.29, 0.717) is 10.2 Å². The number of rotatable bonds is 2. The molecule has 0 radical (unpaired) electrons. The van der Waals surface area contributed by atoms with E-state index >= 15 is 0 Å². The smallest absolute Gasteiger partial charge is 0.401 e. The lowest BCUT2D eigenvalue weighted by Gasteiger charge is -2.28. The van der Waals surface area contributed by atoms with Crippen molar-refractivity contribution in [1.82, 2.24) is 19.2 Å². The highest BCUT2D eigenvalue weighted by atomic mass is 16.3. The number of hydrogen-bond acceptors (Lipinski definition) is 4. The highest BCUT2D eigenvalue weighted by Crippen LogP contribution is 2.39. The Morgan fingerprint density at radius 2 is 1.53 bits per heavy atom. The molecule has 30 heavy (non-hydrogen) atoms. The molecule has 9 nitrogen and oxygen atoms in total. The fourth-order valence-electron chi connectivity index (χ4n) is 3.48. The average Bonchev–Trinajstić information content (AvgIpc) is 3.00. The van der Waals surface area contributed by atoms with E-state index in [1.165, 1.54) is 4.57 Å². The first-order valence-electron chi connectivity index (χ1n) is 9.48. The van der Waals surface area contributed by atoms with Gasteiger partial charge in [0.15, 0.2) is 5.52 Å². The molecule has 0 saturated carbocycles. The molecule has 0 bridgehead atoms. The van der Waals surface area contributed by atoms with Crippen LogP contribution < -0.4 is 16.9 Å². The van der Waals surface area contributed by atoms with E-state index in [2.05, 4.69) is 14.9 Å². The summed E-state index contributed by atoms with van der Waals surface area (Å²) in [6.07, 6.45) is 0. The summed E-state index contributed by atoms with van der Waals surface area (Å²) in [6.45, 7) is 19.1. The van der Waals surface area contributed by atoms with Gasteiger partial charge in [0.05, 0.1) is 11.2 Å². The molecule has 0 atom stereocenters. The molecule has 1 aromatic carbocycles. The molecule has 0 amide bonds. The normalized spacial score (nSPS) is 12.3. The predicted molar refractivity (Wildman–Crippen MR) is 114 cm³/mol. The molecule has 158 valence electrons. The Morgan fingerprint density at radius 1 is 1.00 bits per heavy atom. The Bertz CT molecular complexity index is 1330. The molecule has 0 aliphatic heterocycles. The van der Waals surface area contributed by atoms with Crippen LogP contribution in [0.25, 0.3) is 16.1 Å². The average molecular weight is 411 g/mol. The van der Waals surface area contributed by atoms with Gasteiger partial charge in [0.2, 0.25) is 0 Å². The van der Waals surface area contributed by atoms with Gasteiger partial charge in [0, 0.05) is 0 Å². The van der Waals surface area contributed by atoms with Gasteiger partial charge in [-0.1, -0.05) is 41.5 Å². The second-order valence-electron chi connectivity index (χ2n) is 9.43. The van der Waals surface area contributed by atoms with Crippen LogP contribution >= 0.6 is 0 Å². The molecule has 0 saturated heterocycles. The molecule has 0 fully saturated rings. The van der Waals surface area contributed by atoms with Crippen LogP contribution in [0.2, 0.25) is 0 Å². The summed E-state index contributed by atoms with van der Waals surface area (Å²) in [4.78, 5) is 44.7. The zero-order valence-corrected chi connectivity index (χ0v) is 17.9. The first-order chi connectivity index (χ1) is 13.8. The van der Waals surface area contributed by atoms with Gasteiger partial charge in [0.25, 0.3) is 0 Å². The number of imidazole rings is 1. The maximum Gasteiger partial charge on any atom is 0.401 e. The lowest BCUT2D eigenvalue weighted by Crippen LogP contribution is -2.37. The van der Waals surface area contributed by atoms with Crippen LogP contribution in [0, 0.1) is 6.57 Å². The van der Waals surface area contributed by atoms with Crippen LogP contribution in [0.1, 0.15) is 58.2 Å². The third-order valence-electron chi connectivity index (χ3n) is 5.02. The van der Waals surface area contributed by atoms with Crippen LogP contribution in [0.4, 0.5) is 0 Å². The van der Waals surface area contributed by atoms with Crippen molar-refractivity contribution >= 4 is 11.2 Å². The Balaban J connectivity index is 2.34. The second-order valence-corrected chi connectivity index (χ2v) is 9.43. The molecule has 2 heterocycles. The molecular weight excluding hydrogens is 386 g/mol. The van der Waals surface area contributed by atoms with E-state index in [1.807, 2.05) is 41.5 Å². The van der Waals surface area contributed by atoms with E-state index in [4.69, 9.17) is 6.57 Å². The highest BCUT2D eigenvalue weighted by Gasteiger charge is 2.27. The molecule has 3 aromatic rings. The zero-order chi connectivity index (χ0) is 22.6. The fraction of sp³-hybridized carbons (Fsp3) is 0.429. The number of aromatic hydroxyl groups is 1. The van der Waals surface area contributed by atoms with E-state index < -0.39 is 16.9 Å². The van der Waals surface area contributed by atoms with Crippen LogP contribution in [0.5, 0.6) is 5.75 Å². The lowest BCUT2D eigenvalue weighted by molar-refractivity contribution is 0.422. The summed E-state index contributed by atoms with van der Waals surface area (Å²) in [5, 5.41) is 10.9. The minimum Gasteiger partial charge on any atom is -0.507 e. The maximum absolute atomic E-state index is 12.8. The van der Waals surface area contributed by atoms with Crippen molar-refractivity contribution < 1.29 is 5.11 Å². The van der Waals surface area contributed by atoms with Gasteiger partial charge >= 0.3 is 16.9 Å². The van der Waals surface area contributed by atoms with Gasteiger partial charge < -0.3 is 5.11 Å². The fourth-order valence-corrected chi connectivity index (χ4v) is 3.48. The van der Waals surface area contributed by atoms with Gasteiger partial charge in [-0.25, -0.2) is 9.59 Å². The molecule has 0 spiro atoms. The van der Waals surface area contributed by atoms with Gasteiger partial charge in [-0.3, -0.25) is 19.3 Å². The third kappa shape index (κ3) is 3.45. The van der Waals surface area contributed by atoms with Crippen LogP contribution in [-0.4, -0.2) is 24.3 Å². The van der Waals surface area contributed by atoms with Crippen molar-refractivity contribution in [3.8, 4) is 5.75 Å². The molecule has 9 heteroatoms. The zero-order valence-electron chi connectivity index (χ0n) is 17.9. The van der Waals surface area contributed by atoms with E-state index in [-0.39, 0.29) is 34.3 Å². The van der Waals surface area contributed by atoms with Crippen molar-refractivity contribution in [2.45, 2.75) is 58.9 Å². The second kappa shape index (κ2) is 6.76. The standard InChI is InChI=1S/C21H25N5O4/c1-20(2,3)12-8-11(9-13(15(12)27)21(4,5)6)10-25-16-14(23-18(29)24-16)17(28)26(22-7)19(25)30/h8-9,27H,10H2,1-6H3,(H2,23,24,29). The van der Waals surface area contributed by atoms with Crippen molar-refractivity contribution in [3.63, 3.8) is 0 Å². The summed E-state index contributed by atoms with van der Waals surface area (Å²) < 4.78 is 1.57. The lowest BCUT2D eigenvalue weighted by atomic mass is 9.78. The van der Waals surface area contributed by atoms with Crippen molar-refractivity contribution in [3.05, 3.63) is 71.7 Å². The number of nitrogens with one attached hydrogen (secondary N) is 2. The number of hydrogen-bond donors (Lipinski definition) is 3. The highest BCUT2D eigenvalue weighted by molar-refractivity contribution is 5.69. The van der Waals surface area contributed by atoms with Crippen molar-refractivity contribution in [2.75, 3.05) is 0 Å². The van der Waals surface area contributed by atoms with Gasteiger partial charge in [-0.15, -0.1) is 4.95 Å². The van der Waals surface area contributed by atoms with Gasteiger partial charge in [-0.05, 0) is 39.7 Å². The third-order valence-corrected chi connectivity index (χ3v) is 5.02. The molecule has 0 unspecified atom stereocenters. The minimum absolute atomic E-state index is 0.00532. The number of fused-ring (bicyclic) bond motifs is 1. The summed E-state index contributed by atoms with van der Waals surface area (Å²) in [5.74, 6) is 0.206. The van der Waals surface area contributed by atoms with E-state index in [1.54, 1.807) is 12.1 Å². The SMILES string of the molecule is [C-]#[N+]n1c(=O)c2[nH]c(=O)[nH]c2n(Cc2cc(C(C)(C)C)c(O)c(C(C)(C)C)c2)c1=O. The van der Waals surface area contributed by atoms with Crippen molar-refractivity contribution in [2.24, 2.45) is 0 Å².